The largest absolute Gasteiger partial charge is 0.494 e. The molecule has 0 aliphatic carbocycles. The first-order chi connectivity index (χ1) is 10.8. The lowest BCUT2D eigenvalue weighted by molar-refractivity contribution is 0.136. The van der Waals surface area contributed by atoms with E-state index in [2.05, 4.69) is 38.2 Å². The van der Waals surface area contributed by atoms with Gasteiger partial charge in [-0.3, -0.25) is 0 Å². The molecule has 0 bridgehead atoms. The molecule has 0 fully saturated rings. The molecule has 0 saturated carbocycles. The van der Waals surface area contributed by atoms with Crippen LogP contribution in [-0.4, -0.2) is 26.4 Å². The standard InChI is InChI=1S/C14H23NO2.C3H8.C2H6/c1-3-10-16-11-9-15-12-13-5-7-14(8-6-13)17-4-2;1-3-2;1-2/h5-8,15H,3-4,9-12H2,1-2H3;3H2,1-2H3;1-2H3. The normalized spacial score (nSPS) is 9.18. The molecule has 3 nitrogen and oxygen atoms in total. The number of rotatable bonds is 9. The molecule has 0 atom stereocenters. The highest BCUT2D eigenvalue weighted by molar-refractivity contribution is 5.27. The molecular formula is C19H37NO2. The van der Waals surface area contributed by atoms with Gasteiger partial charge in [-0.25, -0.2) is 0 Å². The van der Waals surface area contributed by atoms with Crippen molar-refractivity contribution >= 4 is 0 Å². The van der Waals surface area contributed by atoms with Gasteiger partial charge in [-0.05, 0) is 31.0 Å². The Hall–Kier alpha value is -1.06. The third kappa shape index (κ3) is 15.3. The van der Waals surface area contributed by atoms with E-state index in [1.807, 2.05) is 32.9 Å². The fraction of sp³-hybridized carbons (Fsp3) is 0.684. The Morgan fingerprint density at radius 1 is 0.909 bits per heavy atom. The van der Waals surface area contributed by atoms with Crippen LogP contribution >= 0.6 is 0 Å². The summed E-state index contributed by atoms with van der Waals surface area (Å²) in [6.07, 6.45) is 2.33. The third-order valence-electron chi connectivity index (χ3n) is 2.34. The molecule has 0 heterocycles. The Kier molecular flexibility index (Phi) is 21.0. The van der Waals surface area contributed by atoms with Gasteiger partial charge in [-0.15, -0.1) is 0 Å². The Balaban J connectivity index is 0. The number of nitrogens with one attached hydrogen (secondary N) is 1. The van der Waals surface area contributed by atoms with Crippen LogP contribution in [0.15, 0.2) is 24.3 Å². The van der Waals surface area contributed by atoms with E-state index in [0.29, 0.717) is 6.61 Å². The molecule has 22 heavy (non-hydrogen) atoms. The van der Waals surface area contributed by atoms with Crippen LogP contribution in [-0.2, 0) is 11.3 Å². The maximum atomic E-state index is 5.39. The highest BCUT2D eigenvalue weighted by Gasteiger charge is 1.94. The lowest BCUT2D eigenvalue weighted by atomic mass is 10.2. The van der Waals surface area contributed by atoms with Gasteiger partial charge in [0.1, 0.15) is 5.75 Å². The SMILES string of the molecule is CC.CCC.CCCOCCNCc1ccc(OCC)cc1. The molecule has 0 amide bonds. The first-order valence-corrected chi connectivity index (χ1v) is 8.78. The van der Waals surface area contributed by atoms with Crippen LogP contribution in [0.2, 0.25) is 0 Å². The predicted octanol–water partition coefficient (Wildman–Crippen LogP) is 5.04. The first kappa shape index (κ1) is 23.2. The van der Waals surface area contributed by atoms with Crippen molar-refractivity contribution in [2.24, 2.45) is 0 Å². The highest BCUT2D eigenvalue weighted by atomic mass is 16.5. The zero-order chi connectivity index (χ0) is 17.1. The van der Waals surface area contributed by atoms with Gasteiger partial charge >= 0.3 is 0 Å². The van der Waals surface area contributed by atoms with Crippen LogP contribution in [0.5, 0.6) is 5.75 Å². The van der Waals surface area contributed by atoms with E-state index in [4.69, 9.17) is 9.47 Å². The van der Waals surface area contributed by atoms with E-state index in [-0.39, 0.29) is 0 Å². The molecule has 0 unspecified atom stereocenters. The monoisotopic (exact) mass is 311 g/mol. The lowest BCUT2D eigenvalue weighted by Gasteiger charge is -2.07. The minimum absolute atomic E-state index is 0.715. The summed E-state index contributed by atoms with van der Waals surface area (Å²) in [4.78, 5) is 0. The maximum absolute atomic E-state index is 5.39. The van der Waals surface area contributed by atoms with Crippen molar-refractivity contribution in [1.82, 2.24) is 5.32 Å². The van der Waals surface area contributed by atoms with Gasteiger partial charge in [0, 0.05) is 19.7 Å². The number of ether oxygens (including phenoxy) is 2. The summed E-state index contributed by atoms with van der Waals surface area (Å²) in [6, 6.07) is 8.19. The van der Waals surface area contributed by atoms with Crippen LogP contribution < -0.4 is 10.1 Å². The van der Waals surface area contributed by atoms with Crippen LogP contribution in [0.3, 0.4) is 0 Å². The van der Waals surface area contributed by atoms with E-state index in [0.717, 1.165) is 38.5 Å². The number of hydrogen-bond acceptors (Lipinski definition) is 3. The maximum Gasteiger partial charge on any atom is 0.119 e. The molecule has 0 saturated heterocycles. The van der Waals surface area contributed by atoms with E-state index in [9.17, 15) is 0 Å². The Morgan fingerprint density at radius 2 is 1.50 bits per heavy atom. The smallest absolute Gasteiger partial charge is 0.119 e. The average molecular weight is 312 g/mol. The third-order valence-corrected chi connectivity index (χ3v) is 2.34. The summed E-state index contributed by atoms with van der Waals surface area (Å²) in [6.45, 7) is 16.5. The summed E-state index contributed by atoms with van der Waals surface area (Å²) < 4.78 is 10.8. The van der Waals surface area contributed by atoms with Gasteiger partial charge in [0.05, 0.1) is 13.2 Å². The van der Waals surface area contributed by atoms with Crippen LogP contribution in [0.1, 0.15) is 59.9 Å². The molecular weight excluding hydrogens is 274 g/mol. The molecule has 0 aromatic heterocycles. The Bertz CT molecular complexity index is 299. The second-order valence-corrected chi connectivity index (χ2v) is 4.57. The molecule has 130 valence electrons. The fourth-order valence-electron chi connectivity index (χ4n) is 1.49. The van der Waals surface area contributed by atoms with E-state index >= 15 is 0 Å². The minimum atomic E-state index is 0.715. The van der Waals surface area contributed by atoms with Gasteiger partial charge < -0.3 is 14.8 Å². The zero-order valence-electron chi connectivity index (χ0n) is 15.6. The topological polar surface area (TPSA) is 30.5 Å². The van der Waals surface area contributed by atoms with Crippen molar-refractivity contribution in [3.63, 3.8) is 0 Å². The van der Waals surface area contributed by atoms with Crippen LogP contribution in [0.4, 0.5) is 0 Å². The average Bonchev–Trinajstić information content (AvgIpc) is 2.55. The van der Waals surface area contributed by atoms with Crippen molar-refractivity contribution in [2.75, 3.05) is 26.4 Å². The molecule has 3 heteroatoms. The van der Waals surface area contributed by atoms with Gasteiger partial charge in [0.2, 0.25) is 0 Å². The van der Waals surface area contributed by atoms with Gasteiger partial charge in [0.25, 0.3) is 0 Å². The molecule has 0 aliphatic rings. The van der Waals surface area contributed by atoms with E-state index in [1.165, 1.54) is 12.0 Å². The second kappa shape index (κ2) is 19.9. The molecule has 0 radical (unpaired) electrons. The quantitative estimate of drug-likeness (QED) is 0.648. The van der Waals surface area contributed by atoms with Gasteiger partial charge in [-0.1, -0.05) is 53.2 Å². The minimum Gasteiger partial charge on any atom is -0.494 e. The summed E-state index contributed by atoms with van der Waals surface area (Å²) in [5.74, 6) is 0.933. The van der Waals surface area contributed by atoms with E-state index in [1.54, 1.807) is 0 Å². The molecule has 0 aliphatic heterocycles. The number of benzene rings is 1. The first-order valence-electron chi connectivity index (χ1n) is 8.78. The lowest BCUT2D eigenvalue weighted by Crippen LogP contribution is -2.19. The molecule has 1 aromatic carbocycles. The van der Waals surface area contributed by atoms with Gasteiger partial charge in [0.15, 0.2) is 0 Å². The fourth-order valence-corrected chi connectivity index (χ4v) is 1.49. The van der Waals surface area contributed by atoms with Crippen molar-refractivity contribution in [3.8, 4) is 5.75 Å². The summed E-state index contributed by atoms with van der Waals surface area (Å²) in [7, 11) is 0. The zero-order valence-corrected chi connectivity index (χ0v) is 15.6. The van der Waals surface area contributed by atoms with Crippen molar-refractivity contribution in [3.05, 3.63) is 29.8 Å². The van der Waals surface area contributed by atoms with Crippen LogP contribution in [0.25, 0.3) is 0 Å². The van der Waals surface area contributed by atoms with Crippen molar-refractivity contribution in [1.29, 1.82) is 0 Å². The highest BCUT2D eigenvalue weighted by Crippen LogP contribution is 2.11. The molecule has 1 N–H and O–H groups in total. The second-order valence-electron chi connectivity index (χ2n) is 4.57. The van der Waals surface area contributed by atoms with Crippen molar-refractivity contribution in [2.45, 2.75) is 60.9 Å². The predicted molar refractivity (Wildman–Crippen MR) is 97.7 cm³/mol. The summed E-state index contributed by atoms with van der Waals surface area (Å²) >= 11 is 0. The van der Waals surface area contributed by atoms with Crippen LogP contribution in [0, 0.1) is 0 Å². The van der Waals surface area contributed by atoms with Gasteiger partial charge in [-0.2, -0.15) is 0 Å². The molecule has 0 spiro atoms. The Labute approximate surface area is 138 Å². The number of hydrogen-bond donors (Lipinski definition) is 1. The summed E-state index contributed by atoms with van der Waals surface area (Å²) in [5.41, 5.74) is 1.27. The van der Waals surface area contributed by atoms with Crippen molar-refractivity contribution < 1.29 is 9.47 Å². The van der Waals surface area contributed by atoms with E-state index < -0.39 is 0 Å². The molecule has 1 rings (SSSR count). The summed E-state index contributed by atoms with van der Waals surface area (Å²) in [5, 5.41) is 3.35. The Morgan fingerprint density at radius 3 is 2.00 bits per heavy atom. The molecule has 1 aromatic rings.